The Hall–Kier alpha value is -2.01. The van der Waals surface area contributed by atoms with Crippen LogP contribution in [-0.4, -0.2) is 12.1 Å². The lowest BCUT2D eigenvalue weighted by molar-refractivity contribution is 0.386. The molecule has 5 heteroatoms. The van der Waals surface area contributed by atoms with Gasteiger partial charge in [0.1, 0.15) is 5.82 Å². The number of nitrogens with two attached hydrogens (primary N) is 1. The van der Waals surface area contributed by atoms with Gasteiger partial charge in [-0.2, -0.15) is 0 Å². The molecule has 1 aromatic carbocycles. The summed E-state index contributed by atoms with van der Waals surface area (Å²) >= 11 is 0. The van der Waals surface area contributed by atoms with E-state index in [-0.39, 0.29) is 11.4 Å². The molecule has 0 bridgehead atoms. The average Bonchev–Trinajstić information content (AvgIpc) is 2.38. The Bertz CT molecular complexity index is 560. The summed E-state index contributed by atoms with van der Waals surface area (Å²) in [4.78, 5) is 3.87. The molecule has 1 heterocycles. The van der Waals surface area contributed by atoms with E-state index in [1.807, 2.05) is 0 Å². The molecule has 0 spiro atoms. The molecule has 0 amide bonds. The van der Waals surface area contributed by atoms with Gasteiger partial charge in [0.25, 0.3) is 0 Å². The Labute approximate surface area is 103 Å². The van der Waals surface area contributed by atoms with Crippen LogP contribution < -0.4 is 10.5 Å². The summed E-state index contributed by atoms with van der Waals surface area (Å²) in [6, 6.07) is 6.18. The summed E-state index contributed by atoms with van der Waals surface area (Å²) in [5, 5.41) is 0. The molecule has 2 N–H and O–H groups in total. The van der Waals surface area contributed by atoms with Crippen molar-refractivity contribution in [2.75, 3.05) is 7.11 Å². The van der Waals surface area contributed by atoms with Crippen LogP contribution in [0.1, 0.15) is 17.3 Å². The molecule has 3 nitrogen and oxygen atoms in total. The molecule has 0 radical (unpaired) electrons. The average molecular weight is 250 g/mol. The molecule has 1 aromatic heterocycles. The van der Waals surface area contributed by atoms with Crippen LogP contribution in [0.25, 0.3) is 0 Å². The largest absolute Gasteiger partial charge is 0.494 e. The van der Waals surface area contributed by atoms with Crippen molar-refractivity contribution in [1.29, 1.82) is 0 Å². The minimum Gasteiger partial charge on any atom is -0.494 e. The van der Waals surface area contributed by atoms with Crippen molar-refractivity contribution in [3.8, 4) is 5.75 Å². The quantitative estimate of drug-likeness (QED) is 0.910. The zero-order valence-corrected chi connectivity index (χ0v) is 9.73. The van der Waals surface area contributed by atoms with Crippen LogP contribution in [0.4, 0.5) is 8.78 Å². The highest BCUT2D eigenvalue weighted by atomic mass is 19.1. The van der Waals surface area contributed by atoms with E-state index in [9.17, 15) is 8.78 Å². The van der Waals surface area contributed by atoms with Crippen LogP contribution in [0, 0.1) is 11.6 Å². The number of ether oxygens (including phenoxy) is 1. The van der Waals surface area contributed by atoms with Gasteiger partial charge in [-0.05, 0) is 29.8 Å². The predicted molar refractivity (Wildman–Crippen MR) is 63.2 cm³/mol. The van der Waals surface area contributed by atoms with Crippen molar-refractivity contribution in [2.24, 2.45) is 5.73 Å². The van der Waals surface area contributed by atoms with Crippen LogP contribution in [-0.2, 0) is 0 Å². The number of halogens is 2. The van der Waals surface area contributed by atoms with E-state index in [1.54, 1.807) is 6.07 Å². The fourth-order valence-corrected chi connectivity index (χ4v) is 1.66. The smallest absolute Gasteiger partial charge is 0.165 e. The normalized spacial score (nSPS) is 12.2. The number of nitrogens with zero attached hydrogens (tertiary/aromatic N) is 1. The molecule has 0 aliphatic carbocycles. The second-order valence-electron chi connectivity index (χ2n) is 3.74. The van der Waals surface area contributed by atoms with E-state index in [2.05, 4.69) is 4.98 Å². The highest BCUT2D eigenvalue weighted by molar-refractivity contribution is 5.34. The lowest BCUT2D eigenvalue weighted by Gasteiger charge is -2.13. The van der Waals surface area contributed by atoms with E-state index in [4.69, 9.17) is 10.5 Å². The van der Waals surface area contributed by atoms with Gasteiger partial charge in [-0.25, -0.2) is 8.78 Å². The van der Waals surface area contributed by atoms with Gasteiger partial charge < -0.3 is 10.5 Å². The van der Waals surface area contributed by atoms with Gasteiger partial charge in [0.15, 0.2) is 11.6 Å². The maximum Gasteiger partial charge on any atom is 0.165 e. The number of hydrogen-bond acceptors (Lipinski definition) is 3. The molecule has 2 rings (SSSR count). The number of hydrogen-bond donors (Lipinski definition) is 1. The van der Waals surface area contributed by atoms with Gasteiger partial charge >= 0.3 is 0 Å². The van der Waals surface area contributed by atoms with Gasteiger partial charge in [0, 0.05) is 6.20 Å². The molecule has 94 valence electrons. The van der Waals surface area contributed by atoms with Gasteiger partial charge in [0.05, 0.1) is 18.8 Å². The molecule has 1 atom stereocenters. The van der Waals surface area contributed by atoms with Crippen LogP contribution in [0.5, 0.6) is 5.75 Å². The Morgan fingerprint density at radius 1 is 1.22 bits per heavy atom. The van der Waals surface area contributed by atoms with E-state index in [0.717, 1.165) is 0 Å². The summed E-state index contributed by atoms with van der Waals surface area (Å²) in [5.74, 6) is -0.935. The second kappa shape index (κ2) is 5.10. The number of aromatic nitrogens is 1. The zero-order chi connectivity index (χ0) is 13.1. The van der Waals surface area contributed by atoms with Crippen molar-refractivity contribution < 1.29 is 13.5 Å². The summed E-state index contributed by atoms with van der Waals surface area (Å²) in [5.41, 5.74) is 6.39. The van der Waals surface area contributed by atoms with E-state index < -0.39 is 17.7 Å². The second-order valence-corrected chi connectivity index (χ2v) is 3.74. The first kappa shape index (κ1) is 12.4. The van der Waals surface area contributed by atoms with Gasteiger partial charge in [-0.1, -0.05) is 6.07 Å². The molecule has 0 saturated carbocycles. The molecule has 18 heavy (non-hydrogen) atoms. The summed E-state index contributed by atoms with van der Waals surface area (Å²) < 4.78 is 31.8. The summed E-state index contributed by atoms with van der Waals surface area (Å²) in [6.45, 7) is 0. The van der Waals surface area contributed by atoms with Crippen LogP contribution in [0.2, 0.25) is 0 Å². The first-order valence-electron chi connectivity index (χ1n) is 5.33. The van der Waals surface area contributed by atoms with Gasteiger partial charge in [-0.3, -0.25) is 4.98 Å². The maximum atomic E-state index is 13.5. The number of methoxy groups -OCH3 is 1. The van der Waals surface area contributed by atoms with Gasteiger partial charge in [-0.15, -0.1) is 0 Å². The van der Waals surface area contributed by atoms with E-state index in [0.29, 0.717) is 5.56 Å². The third-order valence-corrected chi connectivity index (χ3v) is 2.62. The number of pyridine rings is 1. The summed E-state index contributed by atoms with van der Waals surface area (Å²) in [6.07, 6.45) is 1.44. The molecule has 0 aliphatic rings. The summed E-state index contributed by atoms with van der Waals surface area (Å²) in [7, 11) is 1.37. The van der Waals surface area contributed by atoms with Crippen molar-refractivity contribution in [3.05, 3.63) is 59.4 Å². The Morgan fingerprint density at radius 3 is 2.61 bits per heavy atom. The van der Waals surface area contributed by atoms with Crippen LogP contribution in [0.3, 0.4) is 0 Å². The van der Waals surface area contributed by atoms with E-state index in [1.165, 1.54) is 37.6 Å². The highest BCUT2D eigenvalue weighted by Gasteiger charge is 2.16. The van der Waals surface area contributed by atoms with E-state index >= 15 is 0 Å². The van der Waals surface area contributed by atoms with Crippen molar-refractivity contribution in [3.63, 3.8) is 0 Å². The lowest BCUT2D eigenvalue weighted by Crippen LogP contribution is -2.15. The zero-order valence-electron chi connectivity index (χ0n) is 9.73. The van der Waals surface area contributed by atoms with Crippen LogP contribution >= 0.6 is 0 Å². The number of benzene rings is 1. The van der Waals surface area contributed by atoms with Gasteiger partial charge in [0.2, 0.25) is 0 Å². The molecule has 0 aliphatic heterocycles. The van der Waals surface area contributed by atoms with Crippen molar-refractivity contribution >= 4 is 0 Å². The van der Waals surface area contributed by atoms with Crippen molar-refractivity contribution in [1.82, 2.24) is 4.98 Å². The first-order chi connectivity index (χ1) is 8.63. The molecule has 2 aromatic rings. The third-order valence-electron chi connectivity index (χ3n) is 2.62. The Balaban J connectivity index is 2.37. The molecule has 0 saturated heterocycles. The minimum atomic E-state index is -0.813. The molecule has 0 fully saturated rings. The topological polar surface area (TPSA) is 48.1 Å². The van der Waals surface area contributed by atoms with Crippen LogP contribution in [0.15, 0.2) is 36.5 Å². The van der Waals surface area contributed by atoms with Crippen molar-refractivity contribution in [2.45, 2.75) is 6.04 Å². The molecule has 1 unspecified atom stereocenters. The first-order valence-corrected chi connectivity index (χ1v) is 5.33. The molecular weight excluding hydrogens is 238 g/mol. The lowest BCUT2D eigenvalue weighted by atomic mass is 10.0. The number of rotatable bonds is 3. The monoisotopic (exact) mass is 250 g/mol. The highest BCUT2D eigenvalue weighted by Crippen LogP contribution is 2.24. The maximum absolute atomic E-state index is 13.5. The fourth-order valence-electron chi connectivity index (χ4n) is 1.66. The molecular formula is C13H12F2N2O. The standard InChI is InChI=1S/C13H12F2N2O/c1-18-11-5-4-8(7-10(11)15)12(16)13-9(14)3-2-6-17-13/h2-7,12H,16H2,1H3. The predicted octanol–water partition coefficient (Wildman–Crippen LogP) is 2.42. The Kier molecular flexibility index (Phi) is 3.53. The minimum absolute atomic E-state index is 0.0852. The Morgan fingerprint density at radius 2 is 2.00 bits per heavy atom. The third kappa shape index (κ3) is 2.31. The SMILES string of the molecule is COc1ccc(C(N)c2ncccc2F)cc1F. The fraction of sp³-hybridized carbons (Fsp3) is 0.154.